The fourth-order valence-corrected chi connectivity index (χ4v) is 1.97. The summed E-state index contributed by atoms with van der Waals surface area (Å²) in [4.78, 5) is 9.01. The molecule has 3 nitrogen and oxygen atoms in total. The minimum atomic E-state index is 0.572. The van der Waals surface area contributed by atoms with Gasteiger partial charge in [-0.3, -0.25) is 10.3 Å². The maximum Gasteiger partial charge on any atom is 0.113 e. The van der Waals surface area contributed by atoms with Gasteiger partial charge in [-0.25, -0.2) is 4.99 Å². The fourth-order valence-electron chi connectivity index (χ4n) is 1.22. The second kappa shape index (κ2) is 6.74. The zero-order valence-electron chi connectivity index (χ0n) is 9.26. The van der Waals surface area contributed by atoms with E-state index in [1.807, 2.05) is 13.8 Å². The highest BCUT2D eigenvalue weighted by Crippen LogP contribution is 2.30. The molecule has 88 valence electrons. The lowest BCUT2D eigenvalue weighted by Crippen LogP contribution is -2.10. The van der Waals surface area contributed by atoms with Gasteiger partial charge in [0.25, 0.3) is 0 Å². The number of halogens is 2. The van der Waals surface area contributed by atoms with Crippen LogP contribution in [0, 0.1) is 0 Å². The van der Waals surface area contributed by atoms with Crippen molar-refractivity contribution in [2.24, 2.45) is 4.99 Å². The molecule has 0 heterocycles. The van der Waals surface area contributed by atoms with E-state index >= 15 is 0 Å². The van der Waals surface area contributed by atoms with Crippen LogP contribution >= 0.6 is 23.2 Å². The lowest BCUT2D eigenvalue weighted by molar-refractivity contribution is 0.100. The normalized spacial score (nSPS) is 11.0. The number of hydrogen-bond donors (Lipinski definition) is 1. The zero-order valence-corrected chi connectivity index (χ0v) is 10.8. The topological polar surface area (TPSA) is 33.6 Å². The molecule has 1 aromatic rings. The second-order valence-corrected chi connectivity index (χ2v) is 3.86. The lowest BCUT2D eigenvalue weighted by atomic mass is 10.1. The number of hydroxylamine groups is 1. The van der Waals surface area contributed by atoms with Crippen molar-refractivity contribution in [3.63, 3.8) is 0 Å². The van der Waals surface area contributed by atoms with Gasteiger partial charge in [0.2, 0.25) is 0 Å². The standard InChI is InChI=1S/C11H14Cl2N2O/c1-3-9-10(12)5-8(6-11(9)13)14-7-15-16-4-2/h5-7H,3-4H2,1-2H3,(H,14,15). The van der Waals surface area contributed by atoms with Crippen molar-refractivity contribution in [3.8, 4) is 0 Å². The van der Waals surface area contributed by atoms with Gasteiger partial charge in [-0.05, 0) is 31.0 Å². The largest absolute Gasteiger partial charge is 0.276 e. The Morgan fingerprint density at radius 3 is 2.44 bits per heavy atom. The van der Waals surface area contributed by atoms with Gasteiger partial charge in [-0.15, -0.1) is 0 Å². The van der Waals surface area contributed by atoms with E-state index in [0.29, 0.717) is 22.3 Å². The highest BCUT2D eigenvalue weighted by Gasteiger charge is 2.05. The van der Waals surface area contributed by atoms with Gasteiger partial charge in [-0.2, -0.15) is 0 Å². The van der Waals surface area contributed by atoms with Crippen LogP contribution in [0.25, 0.3) is 0 Å². The molecule has 0 fully saturated rings. The fraction of sp³-hybridized carbons (Fsp3) is 0.364. The molecular weight excluding hydrogens is 247 g/mol. The third-order valence-electron chi connectivity index (χ3n) is 1.97. The van der Waals surface area contributed by atoms with Crippen LogP contribution in [0.1, 0.15) is 19.4 Å². The molecule has 0 aliphatic carbocycles. The summed E-state index contributed by atoms with van der Waals surface area (Å²) in [5.74, 6) is 0. The SMILES string of the molecule is CCONC=Nc1cc(Cl)c(CC)c(Cl)c1. The zero-order chi connectivity index (χ0) is 12.0. The third kappa shape index (κ3) is 3.67. The minimum Gasteiger partial charge on any atom is -0.276 e. The maximum absolute atomic E-state index is 6.06. The first kappa shape index (κ1) is 13.3. The van der Waals surface area contributed by atoms with Crippen LogP contribution in [0.4, 0.5) is 5.69 Å². The molecule has 0 aliphatic heterocycles. The van der Waals surface area contributed by atoms with Crippen molar-refractivity contribution in [1.29, 1.82) is 0 Å². The van der Waals surface area contributed by atoms with Gasteiger partial charge in [0, 0.05) is 10.0 Å². The quantitative estimate of drug-likeness (QED) is 0.379. The first-order chi connectivity index (χ1) is 7.69. The molecular formula is C11H14Cl2N2O. The molecule has 1 N–H and O–H groups in total. The van der Waals surface area contributed by atoms with Crippen LogP contribution in [0.2, 0.25) is 10.0 Å². The van der Waals surface area contributed by atoms with Gasteiger partial charge >= 0.3 is 0 Å². The monoisotopic (exact) mass is 260 g/mol. The number of hydrogen-bond acceptors (Lipinski definition) is 2. The molecule has 0 atom stereocenters. The molecule has 16 heavy (non-hydrogen) atoms. The summed E-state index contributed by atoms with van der Waals surface area (Å²) in [6.07, 6.45) is 2.26. The molecule has 5 heteroatoms. The van der Waals surface area contributed by atoms with E-state index in [-0.39, 0.29) is 0 Å². The van der Waals surface area contributed by atoms with Crippen molar-refractivity contribution >= 4 is 35.2 Å². The Kier molecular flexibility index (Phi) is 5.60. The number of rotatable bonds is 5. The number of benzene rings is 1. The highest BCUT2D eigenvalue weighted by atomic mass is 35.5. The molecule has 0 radical (unpaired) electrons. The van der Waals surface area contributed by atoms with Gasteiger partial charge in [-0.1, -0.05) is 30.1 Å². The summed E-state index contributed by atoms with van der Waals surface area (Å²) in [5, 5.41) is 1.28. The average molecular weight is 261 g/mol. The number of aliphatic imine (C=N–C) groups is 1. The molecule has 0 saturated heterocycles. The highest BCUT2D eigenvalue weighted by molar-refractivity contribution is 6.36. The third-order valence-corrected chi connectivity index (χ3v) is 2.65. The Balaban J connectivity index is 2.79. The van der Waals surface area contributed by atoms with E-state index in [2.05, 4.69) is 10.5 Å². The Labute approximate surface area is 105 Å². The summed E-state index contributed by atoms with van der Waals surface area (Å²) < 4.78 is 0. The predicted octanol–water partition coefficient (Wildman–Crippen LogP) is 3.76. The maximum atomic E-state index is 6.06. The minimum absolute atomic E-state index is 0.572. The summed E-state index contributed by atoms with van der Waals surface area (Å²) >= 11 is 12.1. The second-order valence-electron chi connectivity index (χ2n) is 3.05. The summed E-state index contributed by atoms with van der Waals surface area (Å²) in [7, 11) is 0. The molecule has 0 aliphatic rings. The first-order valence-corrected chi connectivity index (χ1v) is 5.82. The molecule has 0 bridgehead atoms. The van der Waals surface area contributed by atoms with Crippen molar-refractivity contribution < 1.29 is 4.84 Å². The van der Waals surface area contributed by atoms with Crippen LogP contribution in [0.5, 0.6) is 0 Å². The van der Waals surface area contributed by atoms with Gasteiger partial charge in [0.1, 0.15) is 6.34 Å². The summed E-state index contributed by atoms with van der Waals surface area (Å²) in [5.41, 5.74) is 4.21. The van der Waals surface area contributed by atoms with E-state index < -0.39 is 0 Å². The van der Waals surface area contributed by atoms with E-state index in [0.717, 1.165) is 12.0 Å². The van der Waals surface area contributed by atoms with Crippen LogP contribution in [0.3, 0.4) is 0 Å². The van der Waals surface area contributed by atoms with Gasteiger partial charge < -0.3 is 0 Å². The summed E-state index contributed by atoms with van der Waals surface area (Å²) in [6.45, 7) is 4.46. The molecule has 0 saturated carbocycles. The van der Waals surface area contributed by atoms with Crippen LogP contribution < -0.4 is 5.48 Å². The first-order valence-electron chi connectivity index (χ1n) is 5.06. The molecule has 0 unspecified atom stereocenters. The van der Waals surface area contributed by atoms with E-state index in [1.54, 1.807) is 12.1 Å². The van der Waals surface area contributed by atoms with Crippen molar-refractivity contribution in [2.45, 2.75) is 20.3 Å². The Bertz CT molecular complexity index is 357. The smallest absolute Gasteiger partial charge is 0.113 e. The number of nitrogens with zero attached hydrogens (tertiary/aromatic N) is 1. The average Bonchev–Trinajstić information content (AvgIpc) is 2.24. The van der Waals surface area contributed by atoms with Crippen LogP contribution in [-0.4, -0.2) is 12.9 Å². The Morgan fingerprint density at radius 2 is 1.94 bits per heavy atom. The summed E-state index contributed by atoms with van der Waals surface area (Å²) in [6, 6.07) is 3.55. The van der Waals surface area contributed by atoms with E-state index in [4.69, 9.17) is 28.0 Å². The van der Waals surface area contributed by atoms with Gasteiger partial charge in [0.05, 0.1) is 12.3 Å². The van der Waals surface area contributed by atoms with E-state index in [9.17, 15) is 0 Å². The van der Waals surface area contributed by atoms with Crippen molar-refractivity contribution in [3.05, 3.63) is 27.7 Å². The van der Waals surface area contributed by atoms with Crippen molar-refractivity contribution in [2.75, 3.05) is 6.61 Å². The van der Waals surface area contributed by atoms with Gasteiger partial charge in [0.15, 0.2) is 0 Å². The van der Waals surface area contributed by atoms with Crippen molar-refractivity contribution in [1.82, 2.24) is 5.48 Å². The van der Waals surface area contributed by atoms with Crippen LogP contribution in [-0.2, 0) is 11.3 Å². The molecule has 0 amide bonds. The Morgan fingerprint density at radius 1 is 1.31 bits per heavy atom. The molecule has 0 aromatic heterocycles. The molecule has 1 aromatic carbocycles. The Hall–Kier alpha value is -0.770. The van der Waals surface area contributed by atoms with E-state index in [1.165, 1.54) is 6.34 Å². The van der Waals surface area contributed by atoms with Crippen LogP contribution in [0.15, 0.2) is 17.1 Å². The predicted molar refractivity (Wildman–Crippen MR) is 68.8 cm³/mol. The molecule has 0 spiro atoms. The molecule has 1 rings (SSSR count). The number of nitrogens with one attached hydrogen (secondary N) is 1. The lowest BCUT2D eigenvalue weighted by Gasteiger charge is -2.05.